The molecule has 3 nitrogen and oxygen atoms in total. The molecule has 4 aliphatic carbocycles. The van der Waals surface area contributed by atoms with Crippen molar-refractivity contribution in [3.63, 3.8) is 0 Å². The van der Waals surface area contributed by atoms with Crippen LogP contribution in [0.15, 0.2) is 47.1 Å². The molecule has 0 radical (unpaired) electrons. The highest BCUT2D eigenvalue weighted by atomic mass is 16.5. The molecule has 1 heterocycles. The van der Waals surface area contributed by atoms with Crippen LogP contribution in [-0.2, 0) is 9.53 Å². The fraction of sp³-hybridized carbons (Fsp3) is 0.633. The van der Waals surface area contributed by atoms with Crippen LogP contribution in [0.2, 0.25) is 0 Å². The topological polar surface area (TPSA) is 29.5 Å². The fourth-order valence-electron chi connectivity index (χ4n) is 8.68. The van der Waals surface area contributed by atoms with E-state index in [4.69, 9.17) is 4.74 Å². The number of nitrogens with zero attached hydrogens (tertiary/aromatic N) is 1. The molecule has 3 heteroatoms. The standard InChI is InChI=1S/C30H39NO2/c1-19-16-25-27-12-14-30(13-5-15-33-30)29(27,2)18-26(20-6-8-21(9-7-20)31(3)4)28(25)23-11-10-22(32)17-24(19)23/h6-9,17,19,25-27H,5,10-16,18H2,1-4H3/t19?,25?,26?,27?,29-,30?/m0/s1. The van der Waals surface area contributed by atoms with E-state index in [1.54, 1.807) is 11.1 Å². The van der Waals surface area contributed by atoms with Crippen LogP contribution in [-0.4, -0.2) is 32.1 Å². The lowest BCUT2D eigenvalue weighted by Gasteiger charge is -2.56. The normalized spacial score (nSPS) is 39.9. The summed E-state index contributed by atoms with van der Waals surface area (Å²) in [6.45, 7) is 5.89. The Morgan fingerprint density at radius 1 is 1.09 bits per heavy atom. The maximum atomic E-state index is 12.4. The van der Waals surface area contributed by atoms with Crippen molar-refractivity contribution in [1.82, 2.24) is 0 Å². The van der Waals surface area contributed by atoms with Gasteiger partial charge >= 0.3 is 0 Å². The van der Waals surface area contributed by atoms with Crippen molar-refractivity contribution in [2.45, 2.75) is 76.7 Å². The molecule has 1 aromatic rings. The summed E-state index contributed by atoms with van der Waals surface area (Å²) in [5.74, 6) is 2.58. The molecule has 176 valence electrons. The first-order valence-corrected chi connectivity index (χ1v) is 13.2. The summed E-state index contributed by atoms with van der Waals surface area (Å²) in [7, 11) is 4.22. The Kier molecular flexibility index (Phi) is 4.96. The molecule has 5 unspecified atom stereocenters. The summed E-state index contributed by atoms with van der Waals surface area (Å²) in [4.78, 5) is 14.5. The summed E-state index contributed by atoms with van der Waals surface area (Å²) in [6, 6.07) is 9.32. The lowest BCUT2D eigenvalue weighted by molar-refractivity contribution is -0.115. The summed E-state index contributed by atoms with van der Waals surface area (Å²) >= 11 is 0. The Bertz CT molecular complexity index is 1030. The Morgan fingerprint density at radius 3 is 2.58 bits per heavy atom. The van der Waals surface area contributed by atoms with E-state index in [0.717, 1.165) is 13.0 Å². The highest BCUT2D eigenvalue weighted by Gasteiger charge is 2.64. The predicted octanol–water partition coefficient (Wildman–Crippen LogP) is 6.45. The summed E-state index contributed by atoms with van der Waals surface area (Å²) in [6.07, 6.45) is 11.0. The zero-order chi connectivity index (χ0) is 23.0. The third-order valence-corrected chi connectivity index (χ3v) is 10.3. The van der Waals surface area contributed by atoms with Crippen molar-refractivity contribution in [2.24, 2.45) is 23.2 Å². The van der Waals surface area contributed by atoms with Gasteiger partial charge in [-0.3, -0.25) is 4.79 Å². The zero-order valence-corrected chi connectivity index (χ0v) is 20.8. The van der Waals surface area contributed by atoms with E-state index >= 15 is 0 Å². The smallest absolute Gasteiger partial charge is 0.156 e. The lowest BCUT2D eigenvalue weighted by atomic mass is 9.50. The van der Waals surface area contributed by atoms with Crippen LogP contribution in [0.1, 0.15) is 76.7 Å². The molecule has 1 spiro atoms. The van der Waals surface area contributed by atoms with Gasteiger partial charge in [-0.25, -0.2) is 0 Å². The number of rotatable bonds is 2. The van der Waals surface area contributed by atoms with Crippen molar-refractivity contribution >= 4 is 11.5 Å². The van der Waals surface area contributed by atoms with Crippen LogP contribution in [0, 0.1) is 23.2 Å². The average molecular weight is 446 g/mol. The first-order valence-electron chi connectivity index (χ1n) is 13.2. The highest BCUT2D eigenvalue weighted by Crippen LogP contribution is 2.69. The Morgan fingerprint density at radius 2 is 1.88 bits per heavy atom. The molecule has 1 saturated heterocycles. The number of carbonyl (C=O) groups excluding carboxylic acids is 1. The second-order valence-corrected chi connectivity index (χ2v) is 12.0. The van der Waals surface area contributed by atoms with E-state index in [9.17, 15) is 4.79 Å². The molecule has 0 amide bonds. The summed E-state index contributed by atoms with van der Waals surface area (Å²) in [5.41, 5.74) is 7.63. The van der Waals surface area contributed by atoms with Gasteiger partial charge in [-0.05, 0) is 97.6 Å². The Balaban J connectivity index is 1.51. The maximum Gasteiger partial charge on any atom is 0.156 e. The van der Waals surface area contributed by atoms with Crippen LogP contribution in [0.25, 0.3) is 0 Å². The minimum atomic E-state index is 0.0809. The quantitative estimate of drug-likeness (QED) is 0.524. The zero-order valence-electron chi connectivity index (χ0n) is 20.8. The Labute approximate surface area is 199 Å². The third kappa shape index (κ3) is 3.07. The lowest BCUT2D eigenvalue weighted by Crippen LogP contribution is -2.51. The monoisotopic (exact) mass is 445 g/mol. The van der Waals surface area contributed by atoms with Crippen molar-refractivity contribution in [2.75, 3.05) is 25.6 Å². The van der Waals surface area contributed by atoms with Crippen LogP contribution in [0.3, 0.4) is 0 Å². The number of hydrogen-bond donors (Lipinski definition) is 0. The minimum absolute atomic E-state index is 0.0809. The number of benzene rings is 1. The third-order valence-electron chi connectivity index (χ3n) is 10.3. The van der Waals surface area contributed by atoms with Gasteiger partial charge in [0.1, 0.15) is 0 Å². The van der Waals surface area contributed by atoms with Gasteiger partial charge in [0.15, 0.2) is 5.78 Å². The molecule has 5 aliphatic rings. The Hall–Kier alpha value is -1.87. The number of ether oxygens (including phenoxy) is 1. The van der Waals surface area contributed by atoms with E-state index in [2.05, 4.69) is 57.1 Å². The van der Waals surface area contributed by atoms with Crippen molar-refractivity contribution in [3.8, 4) is 0 Å². The number of fused-ring (bicyclic) bond motifs is 5. The predicted molar refractivity (Wildman–Crippen MR) is 133 cm³/mol. The molecule has 6 atom stereocenters. The SMILES string of the molecule is CC1CC2C(=C3CCC(=O)C=C31)C(c1ccc(N(C)C)cc1)C[C@@]1(C)C2CCC12CCCO2. The first kappa shape index (κ1) is 21.6. The van der Waals surface area contributed by atoms with Gasteiger partial charge in [0.25, 0.3) is 0 Å². The number of hydrogen-bond acceptors (Lipinski definition) is 3. The van der Waals surface area contributed by atoms with E-state index in [0.29, 0.717) is 35.9 Å². The molecular weight excluding hydrogens is 406 g/mol. The molecule has 6 rings (SSSR count). The van der Waals surface area contributed by atoms with E-state index < -0.39 is 0 Å². The van der Waals surface area contributed by atoms with Crippen LogP contribution >= 0.6 is 0 Å². The number of ketones is 1. The fourth-order valence-corrected chi connectivity index (χ4v) is 8.68. The summed E-state index contributed by atoms with van der Waals surface area (Å²) in [5, 5.41) is 0. The molecule has 0 bridgehead atoms. The van der Waals surface area contributed by atoms with E-state index in [1.165, 1.54) is 55.3 Å². The van der Waals surface area contributed by atoms with Crippen LogP contribution in [0.5, 0.6) is 0 Å². The second-order valence-electron chi connectivity index (χ2n) is 12.0. The van der Waals surface area contributed by atoms with Gasteiger partial charge in [-0.1, -0.05) is 31.6 Å². The van der Waals surface area contributed by atoms with Gasteiger partial charge in [0.2, 0.25) is 0 Å². The summed E-state index contributed by atoms with van der Waals surface area (Å²) < 4.78 is 6.66. The highest BCUT2D eigenvalue weighted by molar-refractivity contribution is 5.93. The second kappa shape index (κ2) is 7.57. The van der Waals surface area contributed by atoms with Crippen LogP contribution in [0.4, 0.5) is 5.69 Å². The van der Waals surface area contributed by atoms with Gasteiger partial charge in [-0.2, -0.15) is 0 Å². The van der Waals surface area contributed by atoms with Crippen molar-refractivity contribution in [1.29, 1.82) is 0 Å². The van der Waals surface area contributed by atoms with Gasteiger partial charge < -0.3 is 9.64 Å². The largest absolute Gasteiger partial charge is 0.378 e. The first-order chi connectivity index (χ1) is 15.8. The van der Waals surface area contributed by atoms with Gasteiger partial charge in [-0.15, -0.1) is 0 Å². The number of carbonyl (C=O) groups is 1. The number of allylic oxidation sites excluding steroid dienone is 4. The molecule has 3 fully saturated rings. The van der Waals surface area contributed by atoms with Crippen LogP contribution < -0.4 is 4.90 Å². The molecular formula is C30H39NO2. The number of anilines is 1. The van der Waals surface area contributed by atoms with Crippen molar-refractivity contribution < 1.29 is 9.53 Å². The molecule has 0 aromatic heterocycles. The maximum absolute atomic E-state index is 12.4. The van der Waals surface area contributed by atoms with E-state index in [-0.39, 0.29) is 11.0 Å². The van der Waals surface area contributed by atoms with Gasteiger partial charge in [0, 0.05) is 44.1 Å². The molecule has 0 N–H and O–H groups in total. The van der Waals surface area contributed by atoms with E-state index in [1.807, 2.05) is 6.08 Å². The minimum Gasteiger partial charge on any atom is -0.378 e. The van der Waals surface area contributed by atoms with Gasteiger partial charge in [0.05, 0.1) is 5.60 Å². The molecule has 33 heavy (non-hydrogen) atoms. The molecule has 1 aliphatic heterocycles. The molecule has 1 aromatic carbocycles. The van der Waals surface area contributed by atoms with Crippen molar-refractivity contribution in [3.05, 3.63) is 52.6 Å². The average Bonchev–Trinajstić information content (AvgIpc) is 3.39. The molecule has 2 saturated carbocycles.